The Labute approximate surface area is 113 Å². The van der Waals surface area contributed by atoms with Crippen molar-refractivity contribution in [3.05, 3.63) is 30.1 Å². The molecule has 0 fully saturated rings. The largest absolute Gasteiger partial charge is 0.333 e. The zero-order chi connectivity index (χ0) is 13.6. The first-order chi connectivity index (χ1) is 8.97. The standard InChI is InChI=1S/C15H19N3O/c1-15(2,3)14(19)17-8-9-18-12-7-5-4-6-11(12)16-13(18)10-17/h4-7H,8-10H2,1-3H3. The van der Waals surface area contributed by atoms with Gasteiger partial charge in [-0.1, -0.05) is 32.9 Å². The first-order valence-corrected chi connectivity index (χ1v) is 6.70. The molecule has 4 nitrogen and oxygen atoms in total. The molecule has 1 amide bonds. The number of benzene rings is 1. The molecule has 0 bridgehead atoms. The highest BCUT2D eigenvalue weighted by molar-refractivity contribution is 5.82. The number of para-hydroxylation sites is 2. The lowest BCUT2D eigenvalue weighted by Gasteiger charge is -2.32. The molecule has 4 heteroatoms. The van der Waals surface area contributed by atoms with E-state index in [0.29, 0.717) is 6.54 Å². The van der Waals surface area contributed by atoms with Crippen LogP contribution in [-0.2, 0) is 17.9 Å². The van der Waals surface area contributed by atoms with Gasteiger partial charge in [-0.2, -0.15) is 0 Å². The maximum Gasteiger partial charge on any atom is 0.228 e. The minimum absolute atomic E-state index is 0.200. The van der Waals surface area contributed by atoms with Gasteiger partial charge >= 0.3 is 0 Å². The zero-order valence-corrected chi connectivity index (χ0v) is 11.7. The molecule has 2 aromatic rings. The lowest BCUT2D eigenvalue weighted by atomic mass is 9.94. The monoisotopic (exact) mass is 257 g/mol. The first kappa shape index (κ1) is 12.2. The Morgan fingerprint density at radius 2 is 1.95 bits per heavy atom. The van der Waals surface area contributed by atoms with Crippen molar-refractivity contribution >= 4 is 16.9 Å². The number of hydrogen-bond acceptors (Lipinski definition) is 2. The van der Waals surface area contributed by atoms with Gasteiger partial charge in [0.25, 0.3) is 0 Å². The van der Waals surface area contributed by atoms with E-state index in [9.17, 15) is 4.79 Å². The second kappa shape index (κ2) is 4.08. The van der Waals surface area contributed by atoms with Gasteiger partial charge in [-0.3, -0.25) is 4.79 Å². The van der Waals surface area contributed by atoms with Crippen LogP contribution in [0.1, 0.15) is 26.6 Å². The maximum atomic E-state index is 12.3. The van der Waals surface area contributed by atoms with E-state index in [0.717, 1.165) is 24.4 Å². The van der Waals surface area contributed by atoms with Crippen LogP contribution in [-0.4, -0.2) is 26.9 Å². The third kappa shape index (κ3) is 2.01. The van der Waals surface area contributed by atoms with E-state index in [1.807, 2.05) is 43.9 Å². The SMILES string of the molecule is CC(C)(C)C(=O)N1CCn2c(nc3ccccc32)C1. The predicted molar refractivity (Wildman–Crippen MR) is 74.6 cm³/mol. The van der Waals surface area contributed by atoms with Gasteiger partial charge in [0.1, 0.15) is 5.82 Å². The molecule has 19 heavy (non-hydrogen) atoms. The summed E-state index contributed by atoms with van der Waals surface area (Å²) in [5, 5.41) is 0. The van der Waals surface area contributed by atoms with E-state index in [2.05, 4.69) is 15.6 Å². The lowest BCUT2D eigenvalue weighted by molar-refractivity contribution is -0.141. The van der Waals surface area contributed by atoms with E-state index >= 15 is 0 Å². The number of aromatic nitrogens is 2. The van der Waals surface area contributed by atoms with E-state index in [1.165, 1.54) is 5.52 Å². The molecule has 1 aromatic heterocycles. The van der Waals surface area contributed by atoms with Crippen molar-refractivity contribution in [3.63, 3.8) is 0 Å². The average molecular weight is 257 g/mol. The van der Waals surface area contributed by atoms with Crippen LogP contribution in [0.4, 0.5) is 0 Å². The smallest absolute Gasteiger partial charge is 0.228 e. The van der Waals surface area contributed by atoms with Gasteiger partial charge < -0.3 is 9.47 Å². The first-order valence-electron chi connectivity index (χ1n) is 6.70. The summed E-state index contributed by atoms with van der Waals surface area (Å²) in [4.78, 5) is 18.9. The average Bonchev–Trinajstić information content (AvgIpc) is 2.74. The van der Waals surface area contributed by atoms with E-state index in [-0.39, 0.29) is 11.3 Å². The van der Waals surface area contributed by atoms with Crippen LogP contribution in [0, 0.1) is 5.41 Å². The molecular formula is C15H19N3O. The van der Waals surface area contributed by atoms with Gasteiger partial charge in [-0.05, 0) is 12.1 Å². The van der Waals surface area contributed by atoms with Crippen LogP contribution in [0.2, 0.25) is 0 Å². The fourth-order valence-corrected chi connectivity index (χ4v) is 2.61. The summed E-state index contributed by atoms with van der Waals surface area (Å²) in [6.45, 7) is 8.11. The highest BCUT2D eigenvalue weighted by Gasteiger charge is 2.30. The molecule has 0 saturated carbocycles. The minimum atomic E-state index is -0.325. The quantitative estimate of drug-likeness (QED) is 0.727. The van der Waals surface area contributed by atoms with Crippen molar-refractivity contribution in [2.24, 2.45) is 5.41 Å². The topological polar surface area (TPSA) is 38.1 Å². The molecule has 1 aromatic carbocycles. The van der Waals surface area contributed by atoms with Crippen LogP contribution in [0.25, 0.3) is 11.0 Å². The Balaban J connectivity index is 1.95. The number of carbonyl (C=O) groups is 1. The van der Waals surface area contributed by atoms with Crippen LogP contribution in [0.5, 0.6) is 0 Å². The maximum absolute atomic E-state index is 12.3. The van der Waals surface area contributed by atoms with Crippen molar-refractivity contribution < 1.29 is 4.79 Å². The number of carbonyl (C=O) groups excluding carboxylic acids is 1. The number of hydrogen-bond donors (Lipinski definition) is 0. The number of amides is 1. The van der Waals surface area contributed by atoms with Crippen LogP contribution in [0.3, 0.4) is 0 Å². The highest BCUT2D eigenvalue weighted by atomic mass is 16.2. The van der Waals surface area contributed by atoms with E-state index in [4.69, 9.17) is 0 Å². The molecule has 100 valence electrons. The predicted octanol–water partition coefficient (Wildman–Crippen LogP) is 2.42. The number of nitrogens with zero attached hydrogens (tertiary/aromatic N) is 3. The summed E-state index contributed by atoms with van der Waals surface area (Å²) in [5.41, 5.74) is 1.86. The Hall–Kier alpha value is -1.84. The Kier molecular flexibility index (Phi) is 2.62. The van der Waals surface area contributed by atoms with Gasteiger partial charge in [0.05, 0.1) is 17.6 Å². The Morgan fingerprint density at radius 1 is 1.21 bits per heavy atom. The normalized spacial score (nSPS) is 15.6. The van der Waals surface area contributed by atoms with E-state index < -0.39 is 0 Å². The fourth-order valence-electron chi connectivity index (χ4n) is 2.61. The molecule has 3 rings (SSSR count). The van der Waals surface area contributed by atoms with Gasteiger partial charge in [-0.25, -0.2) is 4.98 Å². The summed E-state index contributed by atoms with van der Waals surface area (Å²) in [6, 6.07) is 8.15. The molecule has 0 unspecified atom stereocenters. The summed E-state index contributed by atoms with van der Waals surface area (Å²) in [6.07, 6.45) is 0. The molecule has 2 heterocycles. The lowest BCUT2D eigenvalue weighted by Crippen LogP contribution is -2.43. The molecule has 1 aliphatic rings. The number of fused-ring (bicyclic) bond motifs is 3. The Bertz CT molecular complexity index is 636. The number of rotatable bonds is 0. The second-order valence-corrected chi connectivity index (χ2v) is 6.15. The van der Waals surface area contributed by atoms with Gasteiger partial charge in [0.15, 0.2) is 0 Å². The Morgan fingerprint density at radius 3 is 2.68 bits per heavy atom. The van der Waals surface area contributed by atoms with Crippen LogP contribution >= 0.6 is 0 Å². The fraction of sp³-hybridized carbons (Fsp3) is 0.467. The van der Waals surface area contributed by atoms with Crippen molar-refractivity contribution in [1.29, 1.82) is 0 Å². The summed E-state index contributed by atoms with van der Waals surface area (Å²) < 4.78 is 2.22. The molecule has 0 aliphatic carbocycles. The van der Waals surface area contributed by atoms with Crippen molar-refractivity contribution in [1.82, 2.24) is 14.5 Å². The van der Waals surface area contributed by atoms with Crippen molar-refractivity contribution in [2.45, 2.75) is 33.9 Å². The highest BCUT2D eigenvalue weighted by Crippen LogP contribution is 2.24. The third-order valence-electron chi connectivity index (χ3n) is 3.59. The molecule has 0 saturated heterocycles. The van der Waals surface area contributed by atoms with E-state index in [1.54, 1.807) is 0 Å². The minimum Gasteiger partial charge on any atom is -0.333 e. The van der Waals surface area contributed by atoms with Crippen LogP contribution < -0.4 is 0 Å². The number of imidazole rings is 1. The summed E-state index contributed by atoms with van der Waals surface area (Å²) in [7, 11) is 0. The molecule has 0 N–H and O–H groups in total. The molecule has 0 spiro atoms. The summed E-state index contributed by atoms with van der Waals surface area (Å²) >= 11 is 0. The van der Waals surface area contributed by atoms with Crippen molar-refractivity contribution in [3.8, 4) is 0 Å². The zero-order valence-electron chi connectivity index (χ0n) is 11.7. The van der Waals surface area contributed by atoms with Gasteiger partial charge in [0.2, 0.25) is 5.91 Å². The summed E-state index contributed by atoms with van der Waals surface area (Å²) in [5.74, 6) is 1.19. The third-order valence-corrected chi connectivity index (χ3v) is 3.59. The van der Waals surface area contributed by atoms with Crippen LogP contribution in [0.15, 0.2) is 24.3 Å². The second-order valence-electron chi connectivity index (χ2n) is 6.15. The van der Waals surface area contributed by atoms with Gasteiger partial charge in [0, 0.05) is 18.5 Å². The molecule has 0 atom stereocenters. The van der Waals surface area contributed by atoms with Crippen molar-refractivity contribution in [2.75, 3.05) is 6.54 Å². The molecular weight excluding hydrogens is 238 g/mol. The molecule has 1 aliphatic heterocycles. The molecule has 0 radical (unpaired) electrons. The van der Waals surface area contributed by atoms with Gasteiger partial charge in [-0.15, -0.1) is 0 Å².